The van der Waals surface area contributed by atoms with Crippen LogP contribution in [-0.4, -0.2) is 53.2 Å². The van der Waals surface area contributed by atoms with Gasteiger partial charge in [-0.05, 0) is 40.5 Å². The van der Waals surface area contributed by atoms with Gasteiger partial charge in [0, 0.05) is 25.9 Å². The number of halogens is 3. The second-order valence-corrected chi connectivity index (χ2v) is 7.77. The zero-order chi connectivity index (χ0) is 19.5. The van der Waals surface area contributed by atoms with Crippen LogP contribution in [0.25, 0.3) is 0 Å². The Kier molecular flexibility index (Phi) is 11.2. The standard InChI is InChI=1S/C15H27F3O6Si/c1-5-21-14(20)12(13(19)15(16,17)18)10-9-11-25(22-6-2,23-7-3)24-8-4/h12H,5-11H2,1-4H3. The van der Waals surface area contributed by atoms with Crippen LogP contribution in [0.5, 0.6) is 0 Å². The molecule has 0 aliphatic carbocycles. The third-order valence-corrected chi connectivity index (χ3v) is 6.39. The fourth-order valence-corrected chi connectivity index (χ4v) is 4.96. The van der Waals surface area contributed by atoms with Crippen molar-refractivity contribution in [2.75, 3.05) is 26.4 Å². The number of ether oxygens (including phenoxy) is 1. The van der Waals surface area contributed by atoms with E-state index in [9.17, 15) is 22.8 Å². The third kappa shape index (κ3) is 8.30. The summed E-state index contributed by atoms with van der Waals surface area (Å²) in [7, 11) is -3.04. The number of carbonyl (C=O) groups is 2. The molecule has 0 aromatic heterocycles. The molecule has 0 aromatic carbocycles. The van der Waals surface area contributed by atoms with Crippen molar-refractivity contribution in [1.82, 2.24) is 0 Å². The molecule has 0 heterocycles. The van der Waals surface area contributed by atoms with Gasteiger partial charge in [-0.25, -0.2) is 0 Å². The van der Waals surface area contributed by atoms with E-state index in [1.807, 2.05) is 0 Å². The second-order valence-electron chi connectivity index (χ2n) is 5.04. The number of hydrogen-bond acceptors (Lipinski definition) is 6. The van der Waals surface area contributed by atoms with Crippen LogP contribution in [0, 0.1) is 5.92 Å². The van der Waals surface area contributed by atoms with E-state index >= 15 is 0 Å². The van der Waals surface area contributed by atoms with Crippen LogP contribution in [0.15, 0.2) is 0 Å². The molecule has 0 fully saturated rings. The van der Waals surface area contributed by atoms with Crippen LogP contribution in [-0.2, 0) is 27.6 Å². The third-order valence-electron chi connectivity index (χ3n) is 3.24. The minimum atomic E-state index is -5.09. The first-order valence-electron chi connectivity index (χ1n) is 8.36. The molecule has 6 nitrogen and oxygen atoms in total. The maximum absolute atomic E-state index is 12.7. The van der Waals surface area contributed by atoms with Gasteiger partial charge in [-0.1, -0.05) is 0 Å². The molecule has 0 radical (unpaired) electrons. The van der Waals surface area contributed by atoms with Gasteiger partial charge in [0.25, 0.3) is 0 Å². The lowest BCUT2D eigenvalue weighted by atomic mass is 9.98. The second kappa shape index (κ2) is 11.6. The van der Waals surface area contributed by atoms with Crippen LogP contribution < -0.4 is 0 Å². The molecule has 0 aliphatic heterocycles. The van der Waals surface area contributed by atoms with E-state index in [4.69, 9.17) is 13.3 Å². The van der Waals surface area contributed by atoms with Gasteiger partial charge in [-0.2, -0.15) is 13.2 Å². The summed E-state index contributed by atoms with van der Waals surface area (Å²) in [5.41, 5.74) is 0. The lowest BCUT2D eigenvalue weighted by Crippen LogP contribution is -2.46. The van der Waals surface area contributed by atoms with Gasteiger partial charge < -0.3 is 18.0 Å². The zero-order valence-electron chi connectivity index (χ0n) is 15.1. The molecule has 10 heteroatoms. The van der Waals surface area contributed by atoms with Crippen LogP contribution >= 0.6 is 0 Å². The molecule has 0 amide bonds. The average Bonchev–Trinajstić information content (AvgIpc) is 2.51. The molecule has 0 bridgehead atoms. The van der Waals surface area contributed by atoms with E-state index in [-0.39, 0.29) is 25.5 Å². The van der Waals surface area contributed by atoms with E-state index in [1.54, 1.807) is 20.8 Å². The Morgan fingerprint density at radius 2 is 1.40 bits per heavy atom. The van der Waals surface area contributed by atoms with Crippen molar-refractivity contribution in [3.8, 4) is 0 Å². The van der Waals surface area contributed by atoms with Crippen molar-refractivity contribution in [3.05, 3.63) is 0 Å². The molecule has 1 unspecified atom stereocenters. The number of esters is 1. The summed E-state index contributed by atoms with van der Waals surface area (Å²) in [5.74, 6) is -5.14. The van der Waals surface area contributed by atoms with E-state index in [2.05, 4.69) is 4.74 Å². The Balaban J connectivity index is 5.06. The van der Waals surface area contributed by atoms with Crippen molar-refractivity contribution >= 4 is 20.6 Å². The van der Waals surface area contributed by atoms with Crippen molar-refractivity contribution in [1.29, 1.82) is 0 Å². The summed E-state index contributed by atoms with van der Waals surface area (Å²) < 4.78 is 59.5. The smallest absolute Gasteiger partial charge is 0.465 e. The zero-order valence-corrected chi connectivity index (χ0v) is 16.1. The van der Waals surface area contributed by atoms with Crippen molar-refractivity contribution in [3.63, 3.8) is 0 Å². The molecule has 0 rings (SSSR count). The Bertz CT molecular complexity index is 400. The maximum atomic E-state index is 12.7. The monoisotopic (exact) mass is 388 g/mol. The van der Waals surface area contributed by atoms with Crippen molar-refractivity contribution in [2.45, 2.75) is 52.8 Å². The summed E-state index contributed by atoms with van der Waals surface area (Å²) in [4.78, 5) is 23.2. The molecule has 0 saturated carbocycles. The number of hydrogen-bond donors (Lipinski definition) is 0. The van der Waals surface area contributed by atoms with E-state index < -0.39 is 32.7 Å². The first-order valence-corrected chi connectivity index (χ1v) is 10.3. The minimum absolute atomic E-state index is 0.101. The Labute approximate surface area is 147 Å². The number of rotatable bonds is 13. The lowest BCUT2D eigenvalue weighted by molar-refractivity contribution is -0.181. The Morgan fingerprint density at radius 3 is 1.76 bits per heavy atom. The highest BCUT2D eigenvalue weighted by atomic mass is 28.4. The SMILES string of the molecule is CCOC(=O)C(CCC[Si](OCC)(OCC)OCC)C(=O)C(F)(F)F. The minimum Gasteiger partial charge on any atom is -0.465 e. The van der Waals surface area contributed by atoms with Crippen LogP contribution in [0.4, 0.5) is 13.2 Å². The van der Waals surface area contributed by atoms with E-state index in [1.165, 1.54) is 6.92 Å². The molecule has 0 aliphatic rings. The number of alkyl halides is 3. The number of ketones is 1. The van der Waals surface area contributed by atoms with Crippen molar-refractivity contribution in [2.24, 2.45) is 5.92 Å². The van der Waals surface area contributed by atoms with E-state index in [0.29, 0.717) is 19.8 Å². The summed E-state index contributed by atoms with van der Waals surface area (Å²) >= 11 is 0. The molecule has 0 saturated heterocycles. The highest BCUT2D eigenvalue weighted by Gasteiger charge is 2.47. The first-order chi connectivity index (χ1) is 11.7. The normalized spacial score (nSPS) is 13.6. The lowest BCUT2D eigenvalue weighted by Gasteiger charge is -2.28. The van der Waals surface area contributed by atoms with Gasteiger partial charge in [-0.3, -0.25) is 9.59 Å². The molecular weight excluding hydrogens is 361 g/mol. The quantitative estimate of drug-likeness (QED) is 0.274. The molecule has 25 heavy (non-hydrogen) atoms. The predicted octanol–water partition coefficient (Wildman–Crippen LogP) is 3.13. The van der Waals surface area contributed by atoms with Gasteiger partial charge in [-0.15, -0.1) is 0 Å². The van der Waals surface area contributed by atoms with Gasteiger partial charge in [0.1, 0.15) is 5.92 Å². The van der Waals surface area contributed by atoms with Gasteiger partial charge in [0.15, 0.2) is 0 Å². The van der Waals surface area contributed by atoms with E-state index in [0.717, 1.165) is 0 Å². The molecule has 0 spiro atoms. The number of Topliss-reactive ketones (excluding diaryl/α,β-unsaturated/α-hetero) is 1. The average molecular weight is 388 g/mol. The summed E-state index contributed by atoms with van der Waals surface area (Å²) in [6.45, 7) is 7.62. The Hall–Kier alpha value is -0.973. The van der Waals surface area contributed by atoms with Gasteiger partial charge in [0.2, 0.25) is 5.78 Å². The summed E-state index contributed by atoms with van der Waals surface area (Å²) in [6.07, 6.45) is -5.29. The number of carbonyl (C=O) groups excluding carboxylic acids is 2. The summed E-state index contributed by atoms with van der Waals surface area (Å²) in [6, 6.07) is 0.212. The predicted molar refractivity (Wildman–Crippen MR) is 85.9 cm³/mol. The van der Waals surface area contributed by atoms with Crippen molar-refractivity contribution < 1.29 is 40.8 Å². The largest absolute Gasteiger partial charge is 0.500 e. The van der Waals surface area contributed by atoms with Crippen LogP contribution in [0.2, 0.25) is 6.04 Å². The highest BCUT2D eigenvalue weighted by Crippen LogP contribution is 2.27. The topological polar surface area (TPSA) is 71.1 Å². The summed E-state index contributed by atoms with van der Waals surface area (Å²) in [5, 5.41) is 0. The van der Waals surface area contributed by atoms with Crippen LogP contribution in [0.3, 0.4) is 0 Å². The highest BCUT2D eigenvalue weighted by molar-refractivity contribution is 6.60. The molecular formula is C15H27F3O6Si. The van der Waals surface area contributed by atoms with Crippen LogP contribution in [0.1, 0.15) is 40.5 Å². The molecule has 1 atom stereocenters. The Morgan fingerprint density at radius 1 is 0.920 bits per heavy atom. The fourth-order valence-electron chi connectivity index (χ4n) is 2.32. The first kappa shape index (κ1) is 24.0. The molecule has 148 valence electrons. The maximum Gasteiger partial charge on any atom is 0.500 e. The molecule has 0 aromatic rings. The fraction of sp³-hybridized carbons (Fsp3) is 0.867. The van der Waals surface area contributed by atoms with Gasteiger partial charge in [0.05, 0.1) is 6.61 Å². The molecule has 0 N–H and O–H groups in total. The van der Waals surface area contributed by atoms with Gasteiger partial charge >= 0.3 is 21.0 Å².